The molecule has 0 unspecified atom stereocenters. The molecule has 1 aliphatic heterocycles. The first-order chi connectivity index (χ1) is 9.31. The largest absolute Gasteiger partial charge is 0.350 e. The van der Waals surface area contributed by atoms with Gasteiger partial charge in [-0.25, -0.2) is 0 Å². The first-order valence-electron chi connectivity index (χ1n) is 7.98. The minimum atomic E-state index is 0.213. The molecule has 2 heterocycles. The summed E-state index contributed by atoms with van der Waals surface area (Å²) in [5, 5.41) is 7.51. The maximum absolute atomic E-state index is 3.77. The number of nitrogens with zero attached hydrogens (tertiary/aromatic N) is 1. The van der Waals surface area contributed by atoms with Gasteiger partial charge in [-0.1, -0.05) is 6.92 Å². The third-order valence-corrected chi connectivity index (χ3v) is 4.15. The van der Waals surface area contributed by atoms with Crippen molar-refractivity contribution in [1.82, 2.24) is 15.2 Å². The van der Waals surface area contributed by atoms with Crippen LogP contribution in [-0.2, 0) is 13.1 Å². The molecular weight excluding hydrogens is 246 g/mol. The lowest BCUT2D eigenvalue weighted by Crippen LogP contribution is -2.61. The zero-order valence-corrected chi connectivity index (χ0v) is 13.8. The fourth-order valence-corrected chi connectivity index (χ4v) is 3.78. The van der Waals surface area contributed by atoms with Gasteiger partial charge in [0.15, 0.2) is 0 Å². The van der Waals surface area contributed by atoms with Gasteiger partial charge in [0.25, 0.3) is 0 Å². The van der Waals surface area contributed by atoms with Crippen LogP contribution in [0.3, 0.4) is 0 Å². The van der Waals surface area contributed by atoms with E-state index < -0.39 is 0 Å². The lowest BCUT2D eigenvalue weighted by Gasteiger charge is -2.46. The Morgan fingerprint density at radius 3 is 2.50 bits per heavy atom. The van der Waals surface area contributed by atoms with Crippen molar-refractivity contribution in [3.63, 3.8) is 0 Å². The highest BCUT2D eigenvalue weighted by atomic mass is 15.1. The molecule has 0 aliphatic carbocycles. The molecule has 20 heavy (non-hydrogen) atoms. The molecule has 114 valence electrons. The summed E-state index contributed by atoms with van der Waals surface area (Å²) in [6.45, 7) is 13.6. The van der Waals surface area contributed by atoms with Crippen molar-refractivity contribution in [3.05, 3.63) is 24.0 Å². The van der Waals surface area contributed by atoms with E-state index in [4.69, 9.17) is 0 Å². The SMILES string of the molecule is CCCn1cccc1CNC1CC(C)(C)NC(C)(C)C1. The molecule has 3 heteroatoms. The Labute approximate surface area is 124 Å². The number of nitrogens with one attached hydrogen (secondary N) is 2. The van der Waals surface area contributed by atoms with Gasteiger partial charge in [-0.2, -0.15) is 0 Å². The normalized spacial score (nSPS) is 22.1. The minimum Gasteiger partial charge on any atom is -0.350 e. The summed E-state index contributed by atoms with van der Waals surface area (Å²) >= 11 is 0. The van der Waals surface area contributed by atoms with E-state index in [1.165, 1.54) is 25.0 Å². The monoisotopic (exact) mass is 277 g/mol. The standard InChI is InChI=1S/C17H31N3/c1-6-9-20-10-7-8-15(20)13-18-14-11-16(2,3)19-17(4,5)12-14/h7-8,10,14,18-19H,6,9,11-13H2,1-5H3. The molecule has 1 fully saturated rings. The number of aryl methyl sites for hydroxylation is 1. The fraction of sp³-hybridized carbons (Fsp3) is 0.765. The molecule has 1 aliphatic rings. The van der Waals surface area contributed by atoms with Crippen molar-refractivity contribution in [3.8, 4) is 0 Å². The fourth-order valence-electron chi connectivity index (χ4n) is 3.78. The van der Waals surface area contributed by atoms with E-state index in [9.17, 15) is 0 Å². The van der Waals surface area contributed by atoms with E-state index in [-0.39, 0.29) is 11.1 Å². The second-order valence-corrected chi connectivity index (χ2v) is 7.57. The number of aromatic nitrogens is 1. The molecule has 0 spiro atoms. The lowest BCUT2D eigenvalue weighted by molar-refractivity contribution is 0.145. The van der Waals surface area contributed by atoms with Crippen LogP contribution in [0.4, 0.5) is 0 Å². The molecule has 0 radical (unpaired) electrons. The number of rotatable bonds is 5. The smallest absolute Gasteiger partial charge is 0.0361 e. The Morgan fingerprint density at radius 2 is 1.90 bits per heavy atom. The average Bonchev–Trinajstić information content (AvgIpc) is 2.70. The molecule has 0 bridgehead atoms. The van der Waals surface area contributed by atoms with Crippen molar-refractivity contribution >= 4 is 0 Å². The van der Waals surface area contributed by atoms with Gasteiger partial charge >= 0.3 is 0 Å². The van der Waals surface area contributed by atoms with E-state index in [2.05, 4.69) is 68.1 Å². The number of hydrogen-bond donors (Lipinski definition) is 2. The van der Waals surface area contributed by atoms with E-state index in [0.717, 1.165) is 13.1 Å². The van der Waals surface area contributed by atoms with Crippen molar-refractivity contribution in [2.24, 2.45) is 0 Å². The summed E-state index contributed by atoms with van der Waals surface area (Å²) < 4.78 is 2.37. The van der Waals surface area contributed by atoms with E-state index in [1.807, 2.05) is 0 Å². The summed E-state index contributed by atoms with van der Waals surface area (Å²) in [5.74, 6) is 0. The van der Waals surface area contributed by atoms with Gasteiger partial charge in [-0.05, 0) is 59.1 Å². The quantitative estimate of drug-likeness (QED) is 0.864. The maximum Gasteiger partial charge on any atom is 0.0361 e. The van der Waals surface area contributed by atoms with Gasteiger partial charge in [0.05, 0.1) is 0 Å². The van der Waals surface area contributed by atoms with E-state index in [0.29, 0.717) is 6.04 Å². The first-order valence-corrected chi connectivity index (χ1v) is 7.98. The summed E-state index contributed by atoms with van der Waals surface area (Å²) in [6, 6.07) is 4.98. The first kappa shape index (κ1) is 15.6. The zero-order valence-electron chi connectivity index (χ0n) is 13.8. The molecule has 0 aromatic carbocycles. The van der Waals surface area contributed by atoms with Crippen LogP contribution >= 0.6 is 0 Å². The highest BCUT2D eigenvalue weighted by Crippen LogP contribution is 2.28. The summed E-state index contributed by atoms with van der Waals surface area (Å²) in [5.41, 5.74) is 1.83. The van der Waals surface area contributed by atoms with Crippen molar-refractivity contribution < 1.29 is 0 Å². The van der Waals surface area contributed by atoms with Crippen LogP contribution in [0.2, 0.25) is 0 Å². The number of hydrogen-bond acceptors (Lipinski definition) is 2. The third kappa shape index (κ3) is 4.10. The van der Waals surface area contributed by atoms with Crippen LogP contribution in [0, 0.1) is 0 Å². The minimum absolute atomic E-state index is 0.213. The van der Waals surface area contributed by atoms with E-state index >= 15 is 0 Å². The summed E-state index contributed by atoms with van der Waals surface area (Å²) in [7, 11) is 0. The van der Waals surface area contributed by atoms with Gasteiger partial charge in [-0.15, -0.1) is 0 Å². The second kappa shape index (κ2) is 5.90. The molecule has 0 atom stereocenters. The molecule has 3 nitrogen and oxygen atoms in total. The zero-order chi connectivity index (χ0) is 14.8. The molecule has 0 saturated carbocycles. The van der Waals surface area contributed by atoms with E-state index in [1.54, 1.807) is 0 Å². The molecule has 1 saturated heterocycles. The Balaban J connectivity index is 1.94. The Morgan fingerprint density at radius 1 is 1.25 bits per heavy atom. The summed E-state index contributed by atoms with van der Waals surface area (Å²) in [6.07, 6.45) is 5.75. The Kier molecular flexibility index (Phi) is 4.60. The summed E-state index contributed by atoms with van der Waals surface area (Å²) in [4.78, 5) is 0. The topological polar surface area (TPSA) is 29.0 Å². The predicted molar refractivity (Wildman–Crippen MR) is 85.9 cm³/mol. The van der Waals surface area contributed by atoms with Crippen molar-refractivity contribution in [2.45, 2.75) is 84.1 Å². The Hall–Kier alpha value is -0.800. The highest BCUT2D eigenvalue weighted by Gasteiger charge is 2.37. The van der Waals surface area contributed by atoms with Gasteiger partial charge in [0, 0.05) is 42.1 Å². The van der Waals surface area contributed by atoms with Gasteiger partial charge in [-0.3, -0.25) is 0 Å². The second-order valence-electron chi connectivity index (χ2n) is 7.57. The molecule has 2 N–H and O–H groups in total. The van der Waals surface area contributed by atoms with Gasteiger partial charge in [0.2, 0.25) is 0 Å². The number of piperidine rings is 1. The molecule has 0 amide bonds. The third-order valence-electron chi connectivity index (χ3n) is 4.15. The van der Waals surface area contributed by atoms with Gasteiger partial charge < -0.3 is 15.2 Å². The molecule has 1 aromatic rings. The van der Waals surface area contributed by atoms with Crippen LogP contribution < -0.4 is 10.6 Å². The average molecular weight is 277 g/mol. The van der Waals surface area contributed by atoms with Gasteiger partial charge in [0.1, 0.15) is 0 Å². The van der Waals surface area contributed by atoms with Crippen LogP contribution in [0.5, 0.6) is 0 Å². The van der Waals surface area contributed by atoms with Crippen LogP contribution in [-0.4, -0.2) is 21.7 Å². The molecule has 1 aromatic heterocycles. The predicted octanol–water partition coefficient (Wildman–Crippen LogP) is 3.30. The molecular formula is C17H31N3. The lowest BCUT2D eigenvalue weighted by atomic mass is 9.79. The van der Waals surface area contributed by atoms with Crippen LogP contribution in [0.15, 0.2) is 18.3 Å². The highest BCUT2D eigenvalue weighted by molar-refractivity contribution is 5.08. The van der Waals surface area contributed by atoms with Crippen LogP contribution in [0.1, 0.15) is 59.6 Å². The maximum atomic E-state index is 3.77. The van der Waals surface area contributed by atoms with Crippen LogP contribution in [0.25, 0.3) is 0 Å². The van der Waals surface area contributed by atoms with Crippen molar-refractivity contribution in [1.29, 1.82) is 0 Å². The Bertz CT molecular complexity index is 415. The molecule has 2 rings (SSSR count). The van der Waals surface area contributed by atoms with Crippen molar-refractivity contribution in [2.75, 3.05) is 0 Å².